The predicted octanol–water partition coefficient (Wildman–Crippen LogP) is 3.03. The largest absolute Gasteiger partial charge is 0.397 e. The number of halogens is 1. The fraction of sp³-hybridized carbons (Fsp3) is 0.364. The highest BCUT2D eigenvalue weighted by Gasteiger charge is 2.15. The SMILES string of the molecule is Cc1[c]c(Cl)c(C(C)C)c(C#N)c1N. The summed E-state index contributed by atoms with van der Waals surface area (Å²) >= 11 is 6.02. The van der Waals surface area contributed by atoms with Crippen LogP contribution in [0.3, 0.4) is 0 Å². The second-order valence-corrected chi connectivity index (χ2v) is 3.91. The van der Waals surface area contributed by atoms with Crippen LogP contribution in [0.5, 0.6) is 0 Å². The average Bonchev–Trinajstić information content (AvgIpc) is 2.09. The average molecular weight is 208 g/mol. The Morgan fingerprint density at radius 3 is 2.50 bits per heavy atom. The molecule has 3 heteroatoms. The zero-order valence-electron chi connectivity index (χ0n) is 8.48. The van der Waals surface area contributed by atoms with Gasteiger partial charge in [0.1, 0.15) is 6.07 Å². The van der Waals surface area contributed by atoms with Crippen LogP contribution in [0.4, 0.5) is 5.69 Å². The molecule has 0 aliphatic carbocycles. The van der Waals surface area contributed by atoms with Gasteiger partial charge in [-0.05, 0) is 24.0 Å². The van der Waals surface area contributed by atoms with Gasteiger partial charge < -0.3 is 5.73 Å². The molecule has 1 aromatic rings. The number of aryl methyl sites for hydroxylation is 1. The smallest absolute Gasteiger partial charge is 0.102 e. The lowest BCUT2D eigenvalue weighted by molar-refractivity contribution is 0.862. The molecule has 2 nitrogen and oxygen atoms in total. The predicted molar refractivity (Wildman–Crippen MR) is 58.2 cm³/mol. The zero-order valence-corrected chi connectivity index (χ0v) is 9.24. The van der Waals surface area contributed by atoms with E-state index < -0.39 is 0 Å². The van der Waals surface area contributed by atoms with E-state index in [1.807, 2.05) is 13.8 Å². The maximum absolute atomic E-state index is 8.99. The van der Waals surface area contributed by atoms with Crippen LogP contribution in [-0.4, -0.2) is 0 Å². The van der Waals surface area contributed by atoms with Crippen molar-refractivity contribution in [3.63, 3.8) is 0 Å². The molecule has 2 N–H and O–H groups in total. The van der Waals surface area contributed by atoms with E-state index >= 15 is 0 Å². The first-order valence-electron chi connectivity index (χ1n) is 4.39. The molecule has 0 unspecified atom stereocenters. The highest BCUT2D eigenvalue weighted by Crippen LogP contribution is 2.32. The Morgan fingerprint density at radius 2 is 2.07 bits per heavy atom. The van der Waals surface area contributed by atoms with Gasteiger partial charge in [-0.2, -0.15) is 5.26 Å². The van der Waals surface area contributed by atoms with Crippen LogP contribution < -0.4 is 5.73 Å². The molecular weight excluding hydrogens is 196 g/mol. The molecule has 1 rings (SSSR count). The summed E-state index contributed by atoms with van der Waals surface area (Å²) in [4.78, 5) is 0. The van der Waals surface area contributed by atoms with Crippen molar-refractivity contribution >= 4 is 17.3 Å². The Morgan fingerprint density at radius 1 is 1.50 bits per heavy atom. The van der Waals surface area contributed by atoms with Crippen LogP contribution in [0.25, 0.3) is 0 Å². The van der Waals surface area contributed by atoms with Crippen LogP contribution in [0.15, 0.2) is 0 Å². The minimum absolute atomic E-state index is 0.177. The van der Waals surface area contributed by atoms with Gasteiger partial charge in [0.15, 0.2) is 0 Å². The van der Waals surface area contributed by atoms with Gasteiger partial charge in [0.25, 0.3) is 0 Å². The number of nitrogen functional groups attached to an aromatic ring is 1. The van der Waals surface area contributed by atoms with E-state index in [0.717, 1.165) is 11.1 Å². The first-order valence-corrected chi connectivity index (χ1v) is 4.77. The van der Waals surface area contributed by atoms with Gasteiger partial charge in [0.05, 0.1) is 16.3 Å². The fourth-order valence-electron chi connectivity index (χ4n) is 1.40. The van der Waals surface area contributed by atoms with Crippen molar-refractivity contribution in [2.75, 3.05) is 5.73 Å². The Hall–Kier alpha value is -1.20. The number of benzene rings is 1. The molecule has 0 saturated carbocycles. The molecular formula is C11H12ClN2. The minimum atomic E-state index is 0.177. The van der Waals surface area contributed by atoms with Crippen LogP contribution in [0.1, 0.15) is 36.5 Å². The van der Waals surface area contributed by atoms with E-state index in [9.17, 15) is 0 Å². The van der Waals surface area contributed by atoms with Gasteiger partial charge >= 0.3 is 0 Å². The summed E-state index contributed by atoms with van der Waals surface area (Å²) < 4.78 is 0. The first kappa shape index (κ1) is 10.9. The summed E-state index contributed by atoms with van der Waals surface area (Å²) in [5.41, 5.74) is 8.28. The summed E-state index contributed by atoms with van der Waals surface area (Å²) in [5, 5.41) is 9.50. The lowest BCUT2D eigenvalue weighted by atomic mass is 9.94. The second-order valence-electron chi connectivity index (χ2n) is 3.53. The normalized spacial score (nSPS) is 10.3. The summed E-state index contributed by atoms with van der Waals surface area (Å²) in [6.45, 7) is 5.75. The number of nitrogens with zero attached hydrogens (tertiary/aromatic N) is 1. The molecule has 0 amide bonds. The Balaban J connectivity index is 3.57. The molecule has 0 heterocycles. The molecule has 0 saturated heterocycles. The highest BCUT2D eigenvalue weighted by molar-refractivity contribution is 6.31. The maximum atomic E-state index is 8.99. The molecule has 0 spiro atoms. The van der Waals surface area contributed by atoms with Gasteiger partial charge in [0.2, 0.25) is 0 Å². The molecule has 1 radical (unpaired) electrons. The Kier molecular flexibility index (Phi) is 3.03. The first-order chi connectivity index (χ1) is 6.49. The summed E-state index contributed by atoms with van der Waals surface area (Å²) in [7, 11) is 0. The van der Waals surface area contributed by atoms with Crippen LogP contribution in [0.2, 0.25) is 5.02 Å². The lowest BCUT2D eigenvalue weighted by Gasteiger charge is -2.13. The second kappa shape index (κ2) is 3.89. The minimum Gasteiger partial charge on any atom is -0.397 e. The molecule has 0 aromatic heterocycles. The Bertz CT molecular complexity index is 403. The molecule has 0 fully saturated rings. The van der Waals surface area contributed by atoms with E-state index in [0.29, 0.717) is 16.3 Å². The zero-order chi connectivity index (χ0) is 10.9. The van der Waals surface area contributed by atoms with Crippen molar-refractivity contribution in [3.8, 4) is 6.07 Å². The van der Waals surface area contributed by atoms with Crippen molar-refractivity contribution in [2.45, 2.75) is 26.7 Å². The van der Waals surface area contributed by atoms with E-state index in [1.165, 1.54) is 0 Å². The van der Waals surface area contributed by atoms with E-state index in [4.69, 9.17) is 22.6 Å². The molecule has 1 aromatic carbocycles. The van der Waals surface area contributed by atoms with Crippen molar-refractivity contribution in [1.82, 2.24) is 0 Å². The van der Waals surface area contributed by atoms with E-state index in [1.54, 1.807) is 6.92 Å². The van der Waals surface area contributed by atoms with Gasteiger partial charge in [-0.15, -0.1) is 0 Å². The van der Waals surface area contributed by atoms with Crippen molar-refractivity contribution in [3.05, 3.63) is 27.8 Å². The number of anilines is 1. The number of nitrogens with two attached hydrogens (primary N) is 1. The van der Waals surface area contributed by atoms with Gasteiger partial charge in [-0.25, -0.2) is 0 Å². The van der Waals surface area contributed by atoms with Crippen molar-refractivity contribution in [1.29, 1.82) is 5.26 Å². The monoisotopic (exact) mass is 207 g/mol. The molecule has 0 bridgehead atoms. The summed E-state index contributed by atoms with van der Waals surface area (Å²) in [6, 6.07) is 5.05. The topological polar surface area (TPSA) is 49.8 Å². The van der Waals surface area contributed by atoms with Gasteiger partial charge in [-0.3, -0.25) is 0 Å². The highest BCUT2D eigenvalue weighted by atomic mass is 35.5. The van der Waals surface area contributed by atoms with Gasteiger partial charge in [-0.1, -0.05) is 25.4 Å². The van der Waals surface area contributed by atoms with Crippen molar-refractivity contribution in [2.24, 2.45) is 0 Å². The third kappa shape index (κ3) is 1.69. The number of nitriles is 1. The molecule has 73 valence electrons. The number of rotatable bonds is 1. The lowest BCUT2D eigenvalue weighted by Crippen LogP contribution is -2.02. The quantitative estimate of drug-likeness (QED) is 0.720. The van der Waals surface area contributed by atoms with Crippen LogP contribution >= 0.6 is 11.6 Å². The summed E-state index contributed by atoms with van der Waals surface area (Å²) in [6.07, 6.45) is 0. The van der Waals surface area contributed by atoms with Crippen LogP contribution in [0, 0.1) is 24.3 Å². The number of hydrogen-bond acceptors (Lipinski definition) is 2. The third-order valence-electron chi connectivity index (χ3n) is 2.17. The van der Waals surface area contributed by atoms with Crippen molar-refractivity contribution < 1.29 is 0 Å². The summed E-state index contributed by atoms with van der Waals surface area (Å²) in [5.74, 6) is 0.177. The molecule has 0 atom stereocenters. The molecule has 0 aliphatic rings. The molecule has 14 heavy (non-hydrogen) atoms. The van der Waals surface area contributed by atoms with Crippen LogP contribution in [-0.2, 0) is 0 Å². The fourth-order valence-corrected chi connectivity index (χ4v) is 1.86. The maximum Gasteiger partial charge on any atom is 0.102 e. The molecule has 0 aliphatic heterocycles. The standard InChI is InChI=1S/C11H12ClN2/c1-6(2)10-8(5-13)11(14)7(3)4-9(10)12/h6H,14H2,1-3H3. The van der Waals surface area contributed by atoms with E-state index in [-0.39, 0.29) is 5.92 Å². The van der Waals surface area contributed by atoms with Gasteiger partial charge in [0, 0.05) is 6.07 Å². The van der Waals surface area contributed by atoms with E-state index in [2.05, 4.69) is 12.1 Å². The Labute approximate surface area is 89.3 Å². The third-order valence-corrected chi connectivity index (χ3v) is 2.46. The number of hydrogen-bond donors (Lipinski definition) is 1.